The Balaban J connectivity index is 2.26. The third kappa shape index (κ3) is 13.4. The molecular formula is C29H43N3O6S. The Morgan fingerprint density at radius 1 is 1.05 bits per heavy atom. The molecule has 216 valence electrons. The van der Waals surface area contributed by atoms with Crippen LogP contribution in [0.1, 0.15) is 70.2 Å². The van der Waals surface area contributed by atoms with E-state index in [0.29, 0.717) is 38.8 Å². The van der Waals surface area contributed by atoms with Gasteiger partial charge in [-0.3, -0.25) is 0 Å². The predicted octanol–water partition coefficient (Wildman–Crippen LogP) is 6.26. The van der Waals surface area contributed by atoms with Gasteiger partial charge in [0.25, 0.3) is 0 Å². The van der Waals surface area contributed by atoms with E-state index in [2.05, 4.69) is 12.2 Å². The average Bonchev–Trinajstić information content (AvgIpc) is 3.38. The van der Waals surface area contributed by atoms with E-state index in [1.165, 1.54) is 0 Å². The zero-order valence-corrected chi connectivity index (χ0v) is 24.3. The molecule has 0 saturated carbocycles. The number of hydrogen-bond acceptors (Lipinski definition) is 7. The van der Waals surface area contributed by atoms with Gasteiger partial charge in [-0.25, -0.2) is 14.4 Å². The maximum Gasteiger partial charge on any atom is 0.410 e. The third-order valence-electron chi connectivity index (χ3n) is 5.80. The molecule has 0 aliphatic heterocycles. The standard InChI is InChI=1S/C29H43N3O6S/c1-5-6-17-32(21-23-15-12-19-39-23)28(35)37-25(20-22-13-8-7-9-14-22)24(16-10-11-18-36-26(30)33)31-27(34)38-29(2,3)4/h7-9,12-15,19,24-25H,5-6,10-11,16-18,20-21H2,1-4H3,(H2,30,33)(H,31,34)/t24-,25?/m0/s1. The minimum atomic E-state index is -0.827. The number of amides is 3. The van der Waals surface area contributed by atoms with E-state index in [4.69, 9.17) is 19.9 Å². The van der Waals surface area contributed by atoms with E-state index in [1.54, 1.807) is 37.0 Å². The Morgan fingerprint density at radius 2 is 1.79 bits per heavy atom. The third-order valence-corrected chi connectivity index (χ3v) is 6.66. The Kier molecular flexibility index (Phi) is 13.6. The van der Waals surface area contributed by atoms with Crippen molar-refractivity contribution in [3.05, 3.63) is 58.3 Å². The van der Waals surface area contributed by atoms with Gasteiger partial charge in [0.15, 0.2) is 0 Å². The maximum atomic E-state index is 13.5. The fraction of sp³-hybridized carbons (Fsp3) is 0.552. The van der Waals surface area contributed by atoms with Gasteiger partial charge in [0.1, 0.15) is 11.7 Å². The van der Waals surface area contributed by atoms with Crippen molar-refractivity contribution in [3.8, 4) is 0 Å². The summed E-state index contributed by atoms with van der Waals surface area (Å²) in [6, 6.07) is 13.1. The van der Waals surface area contributed by atoms with E-state index < -0.39 is 36.0 Å². The molecule has 9 nitrogen and oxygen atoms in total. The van der Waals surface area contributed by atoms with E-state index in [1.807, 2.05) is 47.8 Å². The molecule has 2 rings (SSSR count). The van der Waals surface area contributed by atoms with Crippen LogP contribution in [0.3, 0.4) is 0 Å². The summed E-state index contributed by atoms with van der Waals surface area (Å²) in [5.74, 6) is 0. The minimum Gasteiger partial charge on any atom is -0.450 e. The zero-order chi connectivity index (χ0) is 28.7. The number of benzene rings is 1. The largest absolute Gasteiger partial charge is 0.450 e. The SMILES string of the molecule is CCCCN(Cc1cccs1)C(=O)OC(Cc1ccccc1)[C@H](CCCCOC(N)=O)NC(=O)OC(C)(C)C. The lowest BCUT2D eigenvalue weighted by atomic mass is 9.97. The van der Waals surface area contributed by atoms with Crippen molar-refractivity contribution in [1.82, 2.24) is 10.2 Å². The number of thiophene rings is 1. The summed E-state index contributed by atoms with van der Waals surface area (Å²) in [4.78, 5) is 40.1. The second-order valence-corrected chi connectivity index (χ2v) is 11.4. The molecule has 1 heterocycles. The van der Waals surface area contributed by atoms with Crippen LogP contribution >= 0.6 is 11.3 Å². The second-order valence-electron chi connectivity index (χ2n) is 10.4. The summed E-state index contributed by atoms with van der Waals surface area (Å²) in [5.41, 5.74) is 5.35. The molecule has 0 bridgehead atoms. The average molecular weight is 562 g/mol. The first-order valence-corrected chi connectivity index (χ1v) is 14.4. The normalized spacial score (nSPS) is 12.7. The van der Waals surface area contributed by atoms with Crippen molar-refractivity contribution in [2.24, 2.45) is 5.73 Å². The first-order valence-electron chi connectivity index (χ1n) is 13.5. The van der Waals surface area contributed by atoms with Gasteiger partial charge in [-0.2, -0.15) is 0 Å². The molecule has 10 heteroatoms. The van der Waals surface area contributed by atoms with Crippen molar-refractivity contribution in [2.75, 3.05) is 13.2 Å². The molecule has 39 heavy (non-hydrogen) atoms. The summed E-state index contributed by atoms with van der Waals surface area (Å²) in [5, 5.41) is 4.93. The molecule has 0 spiro atoms. The smallest absolute Gasteiger partial charge is 0.410 e. The molecular weight excluding hydrogens is 518 g/mol. The lowest BCUT2D eigenvalue weighted by molar-refractivity contribution is 0.0246. The predicted molar refractivity (Wildman–Crippen MR) is 153 cm³/mol. The summed E-state index contributed by atoms with van der Waals surface area (Å²) < 4.78 is 16.5. The Labute approximate surface area is 236 Å². The number of carbonyl (C=O) groups excluding carboxylic acids is 3. The van der Waals surface area contributed by atoms with Gasteiger partial charge >= 0.3 is 18.3 Å². The first-order chi connectivity index (χ1) is 18.6. The van der Waals surface area contributed by atoms with Crippen LogP contribution in [0.15, 0.2) is 47.8 Å². The van der Waals surface area contributed by atoms with Gasteiger partial charge in [0, 0.05) is 17.8 Å². The van der Waals surface area contributed by atoms with Crippen LogP contribution in [0, 0.1) is 0 Å². The van der Waals surface area contributed by atoms with Crippen molar-refractivity contribution < 1.29 is 28.6 Å². The number of nitrogens with one attached hydrogen (secondary N) is 1. The highest BCUT2D eigenvalue weighted by Crippen LogP contribution is 2.19. The van der Waals surface area contributed by atoms with Crippen LogP contribution in [0.2, 0.25) is 0 Å². The number of ether oxygens (including phenoxy) is 3. The number of carbonyl (C=O) groups is 3. The lowest BCUT2D eigenvalue weighted by Crippen LogP contribution is -2.49. The van der Waals surface area contributed by atoms with Crippen LogP contribution in [-0.4, -0.2) is 54.1 Å². The van der Waals surface area contributed by atoms with Crippen LogP contribution < -0.4 is 11.1 Å². The highest BCUT2D eigenvalue weighted by Gasteiger charge is 2.30. The van der Waals surface area contributed by atoms with Crippen LogP contribution in [-0.2, 0) is 27.2 Å². The highest BCUT2D eigenvalue weighted by molar-refractivity contribution is 7.09. The monoisotopic (exact) mass is 561 g/mol. The fourth-order valence-corrected chi connectivity index (χ4v) is 4.66. The number of alkyl carbamates (subject to hydrolysis) is 1. The maximum absolute atomic E-state index is 13.5. The van der Waals surface area contributed by atoms with Gasteiger partial charge in [0.2, 0.25) is 0 Å². The number of unbranched alkanes of at least 4 members (excludes halogenated alkanes) is 2. The van der Waals surface area contributed by atoms with Gasteiger partial charge in [0.05, 0.1) is 19.2 Å². The van der Waals surface area contributed by atoms with Crippen molar-refractivity contribution in [1.29, 1.82) is 0 Å². The summed E-state index contributed by atoms with van der Waals surface area (Å²) in [6.07, 6.45) is 1.33. The van der Waals surface area contributed by atoms with Crippen molar-refractivity contribution in [3.63, 3.8) is 0 Å². The molecule has 2 atom stereocenters. The lowest BCUT2D eigenvalue weighted by Gasteiger charge is -2.31. The van der Waals surface area contributed by atoms with Crippen molar-refractivity contribution in [2.45, 2.75) is 90.5 Å². The Morgan fingerprint density at radius 3 is 2.41 bits per heavy atom. The molecule has 0 aliphatic rings. The van der Waals surface area contributed by atoms with Gasteiger partial charge in [-0.05, 0) is 63.5 Å². The van der Waals surface area contributed by atoms with Crippen LogP contribution in [0.4, 0.5) is 14.4 Å². The van der Waals surface area contributed by atoms with E-state index in [0.717, 1.165) is 23.3 Å². The number of nitrogens with zero attached hydrogens (tertiary/aromatic N) is 1. The molecule has 0 aliphatic carbocycles. The molecule has 3 amide bonds. The minimum absolute atomic E-state index is 0.170. The fourth-order valence-electron chi connectivity index (χ4n) is 3.94. The zero-order valence-electron chi connectivity index (χ0n) is 23.5. The molecule has 0 fully saturated rings. The first kappa shape index (κ1) is 31.9. The number of rotatable bonds is 15. The molecule has 1 aromatic carbocycles. The van der Waals surface area contributed by atoms with E-state index >= 15 is 0 Å². The summed E-state index contributed by atoms with van der Waals surface area (Å²) in [7, 11) is 0. The summed E-state index contributed by atoms with van der Waals surface area (Å²) in [6.45, 7) is 8.66. The quantitative estimate of drug-likeness (QED) is 0.196. The second kappa shape index (κ2) is 16.6. The Hall–Kier alpha value is -3.27. The number of hydrogen-bond donors (Lipinski definition) is 2. The molecule has 1 unspecified atom stereocenters. The van der Waals surface area contributed by atoms with Crippen LogP contribution in [0.25, 0.3) is 0 Å². The Bertz CT molecular complexity index is 994. The topological polar surface area (TPSA) is 120 Å². The highest BCUT2D eigenvalue weighted by atomic mass is 32.1. The number of primary amides is 1. The van der Waals surface area contributed by atoms with Gasteiger partial charge in [-0.1, -0.05) is 49.7 Å². The number of nitrogens with two attached hydrogens (primary N) is 1. The molecule has 1 aromatic heterocycles. The molecule has 0 radical (unpaired) electrons. The van der Waals surface area contributed by atoms with Gasteiger partial charge in [-0.15, -0.1) is 11.3 Å². The summed E-state index contributed by atoms with van der Waals surface area (Å²) >= 11 is 1.59. The van der Waals surface area contributed by atoms with E-state index in [-0.39, 0.29) is 6.61 Å². The van der Waals surface area contributed by atoms with Crippen LogP contribution in [0.5, 0.6) is 0 Å². The molecule has 0 saturated heterocycles. The van der Waals surface area contributed by atoms with Crippen molar-refractivity contribution >= 4 is 29.6 Å². The van der Waals surface area contributed by atoms with E-state index in [9.17, 15) is 14.4 Å². The van der Waals surface area contributed by atoms with Gasteiger partial charge < -0.3 is 30.2 Å². The molecule has 2 aromatic rings. The molecule has 3 N–H and O–H groups in total.